The SMILES string of the molecule is Cc1[nH]c2c(F)cccc2c1CC(=O)N1CCC2(CC1)CNC(=O)O2. The lowest BCUT2D eigenvalue weighted by Crippen LogP contribution is -2.48. The average Bonchev–Trinajstić information content (AvgIpc) is 3.10. The summed E-state index contributed by atoms with van der Waals surface area (Å²) in [4.78, 5) is 28.8. The van der Waals surface area contributed by atoms with E-state index < -0.39 is 5.60 Å². The van der Waals surface area contributed by atoms with Crippen molar-refractivity contribution in [1.29, 1.82) is 0 Å². The van der Waals surface area contributed by atoms with Crippen LogP contribution in [0.5, 0.6) is 0 Å². The molecule has 0 bridgehead atoms. The van der Waals surface area contributed by atoms with E-state index in [9.17, 15) is 14.0 Å². The monoisotopic (exact) mass is 345 g/mol. The number of aryl methyl sites for hydroxylation is 1. The zero-order chi connectivity index (χ0) is 17.6. The fourth-order valence-electron chi connectivity index (χ4n) is 3.80. The van der Waals surface area contributed by atoms with Gasteiger partial charge in [-0.2, -0.15) is 0 Å². The second-order valence-corrected chi connectivity index (χ2v) is 6.87. The predicted octanol–water partition coefficient (Wildman–Crippen LogP) is 2.26. The number of rotatable bonds is 2. The van der Waals surface area contributed by atoms with Crippen LogP contribution in [0.15, 0.2) is 18.2 Å². The summed E-state index contributed by atoms with van der Waals surface area (Å²) < 4.78 is 19.3. The molecule has 25 heavy (non-hydrogen) atoms. The van der Waals surface area contributed by atoms with Crippen LogP contribution < -0.4 is 5.32 Å². The van der Waals surface area contributed by atoms with Gasteiger partial charge < -0.3 is 19.9 Å². The van der Waals surface area contributed by atoms with Gasteiger partial charge in [-0.3, -0.25) is 4.79 Å². The normalized spacial score (nSPS) is 19.3. The number of nitrogens with zero attached hydrogens (tertiary/aromatic N) is 1. The van der Waals surface area contributed by atoms with Gasteiger partial charge >= 0.3 is 6.09 Å². The molecular weight excluding hydrogens is 325 g/mol. The second kappa shape index (κ2) is 5.75. The van der Waals surface area contributed by atoms with Crippen LogP contribution in [0.1, 0.15) is 24.1 Å². The number of likely N-dealkylation sites (tertiary alicyclic amines) is 1. The minimum atomic E-state index is -0.465. The molecule has 0 atom stereocenters. The fourth-order valence-corrected chi connectivity index (χ4v) is 3.80. The summed E-state index contributed by atoms with van der Waals surface area (Å²) in [5.74, 6) is -0.296. The van der Waals surface area contributed by atoms with Crippen molar-refractivity contribution >= 4 is 22.9 Å². The van der Waals surface area contributed by atoms with E-state index in [4.69, 9.17) is 4.74 Å². The van der Waals surface area contributed by atoms with Crippen molar-refractivity contribution in [2.75, 3.05) is 19.6 Å². The lowest BCUT2D eigenvalue weighted by Gasteiger charge is -2.37. The highest BCUT2D eigenvalue weighted by Gasteiger charge is 2.43. The lowest BCUT2D eigenvalue weighted by molar-refractivity contribution is -0.133. The first kappa shape index (κ1) is 15.9. The maximum Gasteiger partial charge on any atom is 0.407 e. The molecule has 2 aliphatic rings. The molecule has 2 aromatic rings. The van der Waals surface area contributed by atoms with Gasteiger partial charge in [-0.25, -0.2) is 9.18 Å². The number of H-pyrrole nitrogens is 1. The number of halogens is 1. The summed E-state index contributed by atoms with van der Waals surface area (Å²) in [5.41, 5.74) is 1.64. The van der Waals surface area contributed by atoms with Crippen molar-refractivity contribution in [2.45, 2.75) is 31.8 Å². The molecular formula is C18H20FN3O3. The summed E-state index contributed by atoms with van der Waals surface area (Å²) in [6.07, 6.45) is 1.13. The van der Waals surface area contributed by atoms with E-state index in [1.54, 1.807) is 11.0 Å². The quantitative estimate of drug-likeness (QED) is 0.877. The van der Waals surface area contributed by atoms with Crippen molar-refractivity contribution in [3.05, 3.63) is 35.3 Å². The van der Waals surface area contributed by atoms with Crippen LogP contribution in [0, 0.1) is 12.7 Å². The van der Waals surface area contributed by atoms with Crippen LogP contribution >= 0.6 is 0 Å². The number of hydrogen-bond donors (Lipinski definition) is 2. The number of aromatic amines is 1. The number of carbonyl (C=O) groups excluding carboxylic acids is 2. The molecule has 1 spiro atoms. The molecule has 0 unspecified atom stereocenters. The number of para-hydroxylation sites is 1. The predicted molar refractivity (Wildman–Crippen MR) is 89.7 cm³/mol. The summed E-state index contributed by atoms with van der Waals surface area (Å²) >= 11 is 0. The van der Waals surface area contributed by atoms with E-state index in [-0.39, 0.29) is 24.2 Å². The second-order valence-electron chi connectivity index (χ2n) is 6.87. The molecule has 3 heterocycles. The van der Waals surface area contributed by atoms with Crippen LogP contribution in [0.25, 0.3) is 10.9 Å². The first-order valence-corrected chi connectivity index (χ1v) is 8.48. The van der Waals surface area contributed by atoms with Gasteiger partial charge in [0, 0.05) is 37.0 Å². The van der Waals surface area contributed by atoms with Gasteiger partial charge in [0.25, 0.3) is 0 Å². The van der Waals surface area contributed by atoms with Crippen LogP contribution in [-0.4, -0.2) is 47.1 Å². The van der Waals surface area contributed by atoms with Gasteiger partial charge in [0.2, 0.25) is 5.91 Å². The molecule has 0 saturated carbocycles. The van der Waals surface area contributed by atoms with E-state index in [0.717, 1.165) is 16.6 Å². The standard InChI is InChI=1S/C18H20FN3O3/c1-11-13(12-3-2-4-14(19)16(12)21-11)9-15(23)22-7-5-18(6-8-22)10-20-17(24)25-18/h2-4,21H,5-10H2,1H3,(H,20,24). The summed E-state index contributed by atoms with van der Waals surface area (Å²) in [6, 6.07) is 4.90. The zero-order valence-corrected chi connectivity index (χ0v) is 14.0. The Morgan fingerprint density at radius 3 is 2.80 bits per heavy atom. The third-order valence-electron chi connectivity index (χ3n) is 5.32. The maximum atomic E-state index is 13.9. The summed E-state index contributed by atoms with van der Waals surface area (Å²) in [5, 5.41) is 3.45. The molecule has 2 fully saturated rings. The first-order chi connectivity index (χ1) is 12.0. The van der Waals surface area contributed by atoms with Gasteiger partial charge in [0.1, 0.15) is 11.4 Å². The van der Waals surface area contributed by atoms with Gasteiger partial charge in [-0.1, -0.05) is 12.1 Å². The van der Waals surface area contributed by atoms with Crippen LogP contribution in [0.3, 0.4) is 0 Å². The summed E-state index contributed by atoms with van der Waals surface area (Å²) in [7, 11) is 0. The average molecular weight is 345 g/mol. The smallest absolute Gasteiger partial charge is 0.407 e. The molecule has 1 aromatic heterocycles. The highest BCUT2D eigenvalue weighted by molar-refractivity contribution is 5.90. The number of piperidine rings is 1. The zero-order valence-electron chi connectivity index (χ0n) is 14.0. The molecule has 2 saturated heterocycles. The molecule has 2 aliphatic heterocycles. The minimum absolute atomic E-state index is 0.0143. The number of amides is 2. The van der Waals surface area contributed by atoms with E-state index in [1.807, 2.05) is 13.0 Å². The van der Waals surface area contributed by atoms with E-state index in [2.05, 4.69) is 10.3 Å². The number of fused-ring (bicyclic) bond motifs is 1. The highest BCUT2D eigenvalue weighted by Crippen LogP contribution is 2.30. The topological polar surface area (TPSA) is 74.4 Å². The largest absolute Gasteiger partial charge is 0.441 e. The van der Waals surface area contributed by atoms with Crippen molar-refractivity contribution in [3.63, 3.8) is 0 Å². The molecule has 4 rings (SSSR count). The molecule has 2 N–H and O–H groups in total. The number of alkyl carbamates (subject to hydrolysis) is 1. The number of benzene rings is 1. The van der Waals surface area contributed by atoms with Crippen molar-refractivity contribution < 1.29 is 18.7 Å². The Morgan fingerprint density at radius 1 is 1.36 bits per heavy atom. The van der Waals surface area contributed by atoms with Crippen molar-refractivity contribution in [3.8, 4) is 0 Å². The Bertz CT molecular complexity index is 853. The summed E-state index contributed by atoms with van der Waals surface area (Å²) in [6.45, 7) is 3.48. The van der Waals surface area contributed by atoms with E-state index in [1.165, 1.54) is 6.07 Å². The Balaban J connectivity index is 1.48. The van der Waals surface area contributed by atoms with Gasteiger partial charge in [-0.05, 0) is 18.6 Å². The van der Waals surface area contributed by atoms with Gasteiger partial charge in [0.15, 0.2) is 0 Å². The number of aromatic nitrogens is 1. The molecule has 132 valence electrons. The number of carbonyl (C=O) groups is 2. The van der Waals surface area contributed by atoms with Crippen LogP contribution in [0.2, 0.25) is 0 Å². The highest BCUT2D eigenvalue weighted by atomic mass is 19.1. The molecule has 2 amide bonds. The minimum Gasteiger partial charge on any atom is -0.441 e. The number of ether oxygens (including phenoxy) is 1. The van der Waals surface area contributed by atoms with Crippen LogP contribution in [-0.2, 0) is 16.0 Å². The Kier molecular flexibility index (Phi) is 3.67. The lowest BCUT2D eigenvalue weighted by atomic mass is 9.91. The third-order valence-corrected chi connectivity index (χ3v) is 5.32. The fraction of sp³-hybridized carbons (Fsp3) is 0.444. The maximum absolute atomic E-state index is 13.9. The Hall–Kier alpha value is -2.57. The Morgan fingerprint density at radius 2 is 2.12 bits per heavy atom. The first-order valence-electron chi connectivity index (χ1n) is 8.48. The molecule has 7 heteroatoms. The molecule has 0 radical (unpaired) electrons. The van der Waals surface area contributed by atoms with Crippen LogP contribution in [0.4, 0.5) is 9.18 Å². The third kappa shape index (κ3) is 2.73. The number of nitrogens with one attached hydrogen (secondary N) is 2. The molecule has 1 aromatic carbocycles. The van der Waals surface area contributed by atoms with E-state index in [0.29, 0.717) is 38.0 Å². The van der Waals surface area contributed by atoms with Crippen molar-refractivity contribution in [2.24, 2.45) is 0 Å². The van der Waals surface area contributed by atoms with Gasteiger partial charge in [-0.15, -0.1) is 0 Å². The van der Waals surface area contributed by atoms with E-state index >= 15 is 0 Å². The molecule has 0 aliphatic carbocycles. The number of hydrogen-bond acceptors (Lipinski definition) is 3. The van der Waals surface area contributed by atoms with Crippen molar-refractivity contribution in [1.82, 2.24) is 15.2 Å². The van der Waals surface area contributed by atoms with Gasteiger partial charge in [0.05, 0.1) is 18.5 Å². The molecule has 6 nitrogen and oxygen atoms in total. The Labute approximate surface area is 144 Å².